The number of aryl methyl sites for hydroxylation is 1. The number of anilines is 1. The highest BCUT2D eigenvalue weighted by Crippen LogP contribution is 2.34. The van der Waals surface area contributed by atoms with Gasteiger partial charge in [-0.2, -0.15) is 4.31 Å². The number of methoxy groups -OCH3 is 1. The molecule has 0 radical (unpaired) electrons. The summed E-state index contributed by atoms with van der Waals surface area (Å²) >= 11 is 5.97. The zero-order valence-corrected chi connectivity index (χ0v) is 23.4. The third-order valence-corrected chi connectivity index (χ3v) is 8.42. The van der Waals surface area contributed by atoms with Gasteiger partial charge in [0.15, 0.2) is 5.78 Å². The van der Waals surface area contributed by atoms with Crippen molar-refractivity contribution in [3.63, 3.8) is 0 Å². The normalized spacial score (nSPS) is 11.3. The van der Waals surface area contributed by atoms with E-state index in [1.54, 1.807) is 31.2 Å². The average Bonchev–Trinajstić information content (AvgIpc) is 3.32. The van der Waals surface area contributed by atoms with Crippen molar-refractivity contribution < 1.29 is 32.0 Å². The van der Waals surface area contributed by atoms with Gasteiger partial charge in [0.1, 0.15) is 16.9 Å². The number of amides is 1. The predicted molar refractivity (Wildman–Crippen MR) is 154 cm³/mol. The van der Waals surface area contributed by atoms with Crippen molar-refractivity contribution in [3.05, 3.63) is 130 Å². The van der Waals surface area contributed by atoms with Gasteiger partial charge >= 0.3 is 5.97 Å². The maximum Gasteiger partial charge on any atom is 0.342 e. The van der Waals surface area contributed by atoms with Crippen LogP contribution in [-0.4, -0.2) is 33.2 Å². The van der Waals surface area contributed by atoms with Gasteiger partial charge in [-0.15, -0.1) is 0 Å². The summed E-state index contributed by atoms with van der Waals surface area (Å²) in [5.74, 6) is -1.87. The van der Waals surface area contributed by atoms with Crippen molar-refractivity contribution in [2.45, 2.75) is 11.8 Å². The van der Waals surface area contributed by atoms with Crippen LogP contribution in [0.4, 0.5) is 5.69 Å². The molecular formula is C31H22ClNO7S. The standard InChI is InChI=1S/C31H22ClNO7S/c1-19-28(31(36)39-2)26-18-22(16-17-27(26)40-19)33(41(37,38)23-8-4-3-5-9-23)30(35)25-11-7-6-10-24(25)29(34)20-12-14-21(32)15-13-20/h3-18H,1-2H3. The van der Waals surface area contributed by atoms with Crippen LogP contribution in [0.3, 0.4) is 0 Å². The molecule has 8 nitrogen and oxygen atoms in total. The summed E-state index contributed by atoms with van der Waals surface area (Å²) in [6.45, 7) is 1.58. The van der Waals surface area contributed by atoms with Crippen LogP contribution in [0.25, 0.3) is 11.0 Å². The zero-order chi connectivity index (χ0) is 29.3. The first-order valence-corrected chi connectivity index (χ1v) is 14.1. The minimum absolute atomic E-state index is 0.00330. The Balaban J connectivity index is 1.72. The van der Waals surface area contributed by atoms with E-state index in [-0.39, 0.29) is 44.0 Å². The lowest BCUT2D eigenvalue weighted by atomic mass is 9.98. The number of esters is 1. The minimum atomic E-state index is -4.51. The summed E-state index contributed by atoms with van der Waals surface area (Å²) in [6, 6.07) is 23.8. The van der Waals surface area contributed by atoms with Crippen LogP contribution in [0.1, 0.15) is 42.4 Å². The largest absolute Gasteiger partial charge is 0.465 e. The first-order chi connectivity index (χ1) is 19.6. The zero-order valence-electron chi connectivity index (χ0n) is 21.8. The van der Waals surface area contributed by atoms with Crippen LogP contribution >= 0.6 is 11.6 Å². The van der Waals surface area contributed by atoms with E-state index in [4.69, 9.17) is 20.8 Å². The predicted octanol–water partition coefficient (Wildman–Crippen LogP) is 6.45. The molecule has 5 rings (SSSR count). The molecule has 10 heteroatoms. The number of hydrogen-bond donors (Lipinski definition) is 0. The number of benzene rings is 4. The molecule has 1 amide bonds. The van der Waals surface area contributed by atoms with Crippen molar-refractivity contribution >= 4 is 55.9 Å². The molecule has 4 aromatic carbocycles. The fourth-order valence-corrected chi connectivity index (χ4v) is 6.03. The van der Waals surface area contributed by atoms with Gasteiger partial charge in [0, 0.05) is 21.5 Å². The second-order valence-electron chi connectivity index (χ2n) is 8.97. The molecule has 0 spiro atoms. The van der Waals surface area contributed by atoms with E-state index >= 15 is 0 Å². The molecule has 0 bridgehead atoms. The maximum atomic E-state index is 14.3. The molecule has 0 unspecified atom stereocenters. The Kier molecular flexibility index (Phi) is 7.49. The first-order valence-electron chi connectivity index (χ1n) is 12.3. The number of ketones is 1. The van der Waals surface area contributed by atoms with Gasteiger partial charge in [-0.25, -0.2) is 13.2 Å². The maximum absolute atomic E-state index is 14.3. The summed E-state index contributed by atoms with van der Waals surface area (Å²) < 4.78 is 39.3. The number of ether oxygens (including phenoxy) is 1. The summed E-state index contributed by atoms with van der Waals surface area (Å²) in [4.78, 5) is 40.1. The highest BCUT2D eigenvalue weighted by atomic mass is 35.5. The Labute approximate surface area is 240 Å². The van der Waals surface area contributed by atoms with Crippen LogP contribution in [0, 0.1) is 6.92 Å². The van der Waals surface area contributed by atoms with E-state index in [0.717, 1.165) is 0 Å². The van der Waals surface area contributed by atoms with Gasteiger partial charge in [-0.3, -0.25) is 9.59 Å². The van der Waals surface area contributed by atoms with Crippen LogP contribution in [-0.2, 0) is 14.8 Å². The number of nitrogens with zero attached hydrogens (tertiary/aromatic N) is 1. The van der Waals surface area contributed by atoms with Gasteiger partial charge in [0.05, 0.1) is 23.3 Å². The van der Waals surface area contributed by atoms with Gasteiger partial charge in [-0.05, 0) is 67.6 Å². The molecule has 1 heterocycles. The lowest BCUT2D eigenvalue weighted by Crippen LogP contribution is -2.38. The molecule has 0 N–H and O–H groups in total. The molecule has 0 aliphatic rings. The highest BCUT2D eigenvalue weighted by molar-refractivity contribution is 7.93. The molecule has 41 heavy (non-hydrogen) atoms. The van der Waals surface area contributed by atoms with Gasteiger partial charge < -0.3 is 9.15 Å². The Bertz CT molecular complexity index is 1910. The molecular weight excluding hydrogens is 566 g/mol. The molecule has 5 aromatic rings. The molecule has 0 aliphatic heterocycles. The molecule has 0 saturated heterocycles. The Hall–Kier alpha value is -4.73. The first kappa shape index (κ1) is 27.8. The Morgan fingerprint density at radius 1 is 0.829 bits per heavy atom. The van der Waals surface area contributed by atoms with Gasteiger partial charge in [0.2, 0.25) is 0 Å². The smallest absolute Gasteiger partial charge is 0.342 e. The van der Waals surface area contributed by atoms with Crippen LogP contribution in [0.15, 0.2) is 106 Å². The number of fused-ring (bicyclic) bond motifs is 1. The number of sulfonamides is 1. The second-order valence-corrected chi connectivity index (χ2v) is 11.2. The average molecular weight is 588 g/mol. The summed E-state index contributed by atoms with van der Waals surface area (Å²) in [5, 5.41) is 0.695. The Morgan fingerprint density at radius 3 is 2.12 bits per heavy atom. The quantitative estimate of drug-likeness (QED) is 0.159. The number of hydrogen-bond acceptors (Lipinski definition) is 7. The summed E-state index contributed by atoms with van der Waals surface area (Å²) in [6.07, 6.45) is 0. The topological polar surface area (TPSA) is 111 Å². The number of furan rings is 1. The monoisotopic (exact) mass is 587 g/mol. The van der Waals surface area contributed by atoms with E-state index in [1.807, 2.05) is 0 Å². The third-order valence-electron chi connectivity index (χ3n) is 6.45. The fourth-order valence-electron chi connectivity index (χ4n) is 4.49. The molecule has 0 fully saturated rings. The molecule has 0 atom stereocenters. The molecule has 206 valence electrons. The summed E-state index contributed by atoms with van der Waals surface area (Å²) in [5.41, 5.74) is 0.477. The molecule has 1 aromatic heterocycles. The fraction of sp³-hybridized carbons (Fsp3) is 0.0645. The van der Waals surface area contributed by atoms with Gasteiger partial charge in [0.25, 0.3) is 15.9 Å². The third kappa shape index (κ3) is 5.13. The van der Waals surface area contributed by atoms with Crippen molar-refractivity contribution in [3.8, 4) is 0 Å². The molecule has 0 saturated carbocycles. The highest BCUT2D eigenvalue weighted by Gasteiger charge is 2.34. The lowest BCUT2D eigenvalue weighted by molar-refractivity contribution is 0.0600. The van der Waals surface area contributed by atoms with Crippen molar-refractivity contribution in [1.29, 1.82) is 0 Å². The minimum Gasteiger partial charge on any atom is -0.465 e. The van der Waals surface area contributed by atoms with Crippen LogP contribution in [0.2, 0.25) is 5.02 Å². The number of carbonyl (C=O) groups excluding carboxylic acids is 3. The van der Waals surface area contributed by atoms with E-state index in [9.17, 15) is 22.8 Å². The van der Waals surface area contributed by atoms with E-state index in [1.165, 1.54) is 79.9 Å². The Morgan fingerprint density at radius 2 is 1.46 bits per heavy atom. The number of rotatable bonds is 7. The SMILES string of the molecule is COC(=O)c1c(C)oc2ccc(N(C(=O)c3ccccc3C(=O)c3ccc(Cl)cc3)S(=O)(=O)c3ccccc3)cc12. The van der Waals surface area contributed by atoms with Crippen LogP contribution in [0.5, 0.6) is 0 Å². The van der Waals surface area contributed by atoms with Crippen molar-refractivity contribution in [2.24, 2.45) is 0 Å². The second kappa shape index (κ2) is 11.0. The van der Waals surface area contributed by atoms with Crippen molar-refractivity contribution in [1.82, 2.24) is 0 Å². The van der Waals surface area contributed by atoms with Crippen LogP contribution < -0.4 is 4.31 Å². The van der Waals surface area contributed by atoms with E-state index in [0.29, 0.717) is 14.9 Å². The van der Waals surface area contributed by atoms with Gasteiger partial charge in [-0.1, -0.05) is 48.0 Å². The number of halogens is 1. The van der Waals surface area contributed by atoms with Crippen molar-refractivity contribution in [2.75, 3.05) is 11.4 Å². The number of carbonyl (C=O) groups is 3. The lowest BCUT2D eigenvalue weighted by Gasteiger charge is -2.24. The van der Waals surface area contributed by atoms with E-state index in [2.05, 4.69) is 0 Å². The summed E-state index contributed by atoms with van der Waals surface area (Å²) in [7, 11) is -3.29. The molecule has 0 aliphatic carbocycles. The van der Waals surface area contributed by atoms with E-state index < -0.39 is 27.7 Å².